The van der Waals surface area contributed by atoms with Gasteiger partial charge in [-0.3, -0.25) is 0 Å². The molecule has 7 heavy (non-hydrogen) atoms. The molecule has 0 bridgehead atoms. The number of aliphatic hydroxyl groups excluding tert-OH is 1. The third-order valence-electron chi connectivity index (χ3n) is 1.75. The number of hydrogen-bond acceptors (Lipinski definition) is 2. The first-order valence-electron chi connectivity index (χ1n) is 2.71. The van der Waals surface area contributed by atoms with Crippen LogP contribution < -0.4 is 0 Å². The first-order chi connectivity index (χ1) is 3.38. The Morgan fingerprint density at radius 2 is 2.29 bits per heavy atom. The van der Waals surface area contributed by atoms with Crippen LogP contribution in [0.4, 0.5) is 0 Å². The van der Waals surface area contributed by atoms with E-state index in [1.54, 1.807) is 0 Å². The molecule has 40 valence electrons. The summed E-state index contributed by atoms with van der Waals surface area (Å²) in [5.74, 6) is 0. The van der Waals surface area contributed by atoms with Gasteiger partial charge in [0, 0.05) is 10.5 Å². The van der Waals surface area contributed by atoms with Crippen molar-refractivity contribution in [3.63, 3.8) is 0 Å². The molecule has 2 aliphatic rings. The summed E-state index contributed by atoms with van der Waals surface area (Å²) < 4.78 is 0. The largest absolute Gasteiger partial charge is 0.392 e. The Balaban J connectivity index is 2.08. The summed E-state index contributed by atoms with van der Waals surface area (Å²) >= 11 is 1.94. The van der Waals surface area contributed by atoms with E-state index in [1.807, 2.05) is 11.8 Å². The molecule has 1 heterocycles. The smallest absolute Gasteiger partial charge is 0.0670 e. The highest BCUT2D eigenvalue weighted by Crippen LogP contribution is 2.52. The third kappa shape index (κ3) is 0.500. The van der Waals surface area contributed by atoms with Gasteiger partial charge in [0.05, 0.1) is 6.10 Å². The van der Waals surface area contributed by atoms with Gasteiger partial charge in [-0.1, -0.05) is 0 Å². The highest BCUT2D eigenvalue weighted by Gasteiger charge is 2.48. The molecule has 0 radical (unpaired) electrons. The molecule has 0 aromatic heterocycles. The van der Waals surface area contributed by atoms with Gasteiger partial charge in [-0.2, -0.15) is 11.8 Å². The maximum Gasteiger partial charge on any atom is 0.0670 e. The fourth-order valence-corrected chi connectivity index (χ4v) is 2.45. The van der Waals surface area contributed by atoms with Crippen LogP contribution in [-0.4, -0.2) is 21.7 Å². The molecular weight excluding hydrogens is 108 g/mol. The molecule has 1 saturated carbocycles. The van der Waals surface area contributed by atoms with Crippen molar-refractivity contribution in [3.8, 4) is 0 Å². The minimum absolute atomic E-state index is 0.0509. The van der Waals surface area contributed by atoms with E-state index in [0.29, 0.717) is 5.25 Å². The average Bonchev–Trinajstić information content (AvgIpc) is 2.33. The van der Waals surface area contributed by atoms with E-state index in [2.05, 4.69) is 0 Å². The van der Waals surface area contributed by atoms with Gasteiger partial charge in [-0.15, -0.1) is 0 Å². The monoisotopic (exact) mass is 116 g/mol. The third-order valence-corrected chi connectivity index (χ3v) is 3.27. The van der Waals surface area contributed by atoms with Crippen molar-refractivity contribution < 1.29 is 5.11 Å². The van der Waals surface area contributed by atoms with Crippen LogP contribution in [0.15, 0.2) is 0 Å². The second-order valence-electron chi connectivity index (χ2n) is 2.28. The van der Waals surface area contributed by atoms with Gasteiger partial charge in [0.1, 0.15) is 0 Å². The summed E-state index contributed by atoms with van der Waals surface area (Å²) in [7, 11) is 0. The highest BCUT2D eigenvalue weighted by molar-refractivity contribution is 8.07. The van der Waals surface area contributed by atoms with Crippen LogP contribution in [0.25, 0.3) is 0 Å². The van der Waals surface area contributed by atoms with Crippen LogP contribution in [0.5, 0.6) is 0 Å². The van der Waals surface area contributed by atoms with Crippen LogP contribution in [0, 0.1) is 0 Å². The summed E-state index contributed by atoms with van der Waals surface area (Å²) in [6.45, 7) is 0. The minimum atomic E-state index is 0.0509. The Labute approximate surface area is 47.1 Å². The van der Waals surface area contributed by atoms with Crippen LogP contribution in [0.3, 0.4) is 0 Å². The standard InChI is InChI=1S/C5H8OS/c6-3-1-2-4-5(3)7-4/h3-6H,1-2H2/t3-,4+,5-/m1/s1. The number of thioether (sulfide) groups is 1. The first-order valence-corrected chi connectivity index (χ1v) is 3.66. The van der Waals surface area contributed by atoms with E-state index in [9.17, 15) is 0 Å². The lowest BCUT2D eigenvalue weighted by Gasteiger charge is -1.96. The molecule has 0 amide bonds. The van der Waals surface area contributed by atoms with Crippen LogP contribution in [-0.2, 0) is 0 Å². The lowest BCUT2D eigenvalue weighted by atomic mass is 10.3. The molecular formula is C5H8OS. The van der Waals surface area contributed by atoms with Gasteiger partial charge < -0.3 is 5.11 Å². The second-order valence-corrected chi connectivity index (χ2v) is 3.71. The summed E-state index contributed by atoms with van der Waals surface area (Å²) in [5.41, 5.74) is 0. The molecule has 1 N–H and O–H groups in total. The van der Waals surface area contributed by atoms with Crippen molar-refractivity contribution in [2.24, 2.45) is 0 Å². The molecule has 1 aliphatic carbocycles. The van der Waals surface area contributed by atoms with E-state index in [4.69, 9.17) is 5.11 Å². The molecule has 2 heteroatoms. The van der Waals surface area contributed by atoms with Crippen molar-refractivity contribution in [2.75, 3.05) is 0 Å². The van der Waals surface area contributed by atoms with Crippen LogP contribution >= 0.6 is 11.8 Å². The summed E-state index contributed by atoms with van der Waals surface area (Å²) in [5, 5.41) is 10.5. The van der Waals surface area contributed by atoms with Gasteiger partial charge >= 0.3 is 0 Å². The average molecular weight is 116 g/mol. The topological polar surface area (TPSA) is 20.2 Å². The minimum Gasteiger partial charge on any atom is -0.392 e. The van der Waals surface area contributed by atoms with Gasteiger partial charge in [-0.25, -0.2) is 0 Å². The van der Waals surface area contributed by atoms with E-state index in [0.717, 1.165) is 11.7 Å². The molecule has 0 aromatic carbocycles. The molecule has 0 aromatic rings. The van der Waals surface area contributed by atoms with Gasteiger partial charge in [0.15, 0.2) is 0 Å². The Kier molecular flexibility index (Phi) is 0.707. The predicted molar refractivity (Wildman–Crippen MR) is 30.4 cm³/mol. The van der Waals surface area contributed by atoms with Crippen molar-refractivity contribution in [1.29, 1.82) is 0 Å². The second kappa shape index (κ2) is 1.17. The van der Waals surface area contributed by atoms with E-state index >= 15 is 0 Å². The van der Waals surface area contributed by atoms with Crippen molar-refractivity contribution in [1.82, 2.24) is 0 Å². The predicted octanol–water partition coefficient (Wildman–Crippen LogP) is 0.625. The SMILES string of the molecule is O[C@@H]1CC[C@@H]2S[C@H]12. The summed E-state index contributed by atoms with van der Waals surface area (Å²) in [6, 6.07) is 0. The molecule has 2 fully saturated rings. The lowest BCUT2D eigenvalue weighted by molar-refractivity contribution is 0.192. The van der Waals surface area contributed by atoms with Crippen molar-refractivity contribution >= 4 is 11.8 Å². The number of hydrogen-bond donors (Lipinski definition) is 1. The number of rotatable bonds is 0. The molecule has 1 saturated heterocycles. The maximum atomic E-state index is 9.02. The highest BCUT2D eigenvalue weighted by atomic mass is 32.2. The fourth-order valence-electron chi connectivity index (χ4n) is 1.23. The zero-order valence-corrected chi connectivity index (χ0v) is 4.82. The molecule has 0 spiro atoms. The Morgan fingerprint density at radius 3 is 2.43 bits per heavy atom. The number of aliphatic hydroxyl groups is 1. The first kappa shape index (κ1) is 4.21. The van der Waals surface area contributed by atoms with Crippen LogP contribution in [0.2, 0.25) is 0 Å². The van der Waals surface area contributed by atoms with Gasteiger partial charge in [0.25, 0.3) is 0 Å². The van der Waals surface area contributed by atoms with Gasteiger partial charge in [-0.05, 0) is 12.8 Å². The normalized spacial score (nSPS) is 57.0. The summed E-state index contributed by atoms with van der Waals surface area (Å²) in [4.78, 5) is 0. The quantitative estimate of drug-likeness (QED) is 0.468. The zero-order valence-electron chi connectivity index (χ0n) is 4.00. The Hall–Kier alpha value is 0.310. The van der Waals surface area contributed by atoms with Crippen LogP contribution in [0.1, 0.15) is 12.8 Å². The lowest BCUT2D eigenvalue weighted by Crippen LogP contribution is -2.06. The zero-order chi connectivity index (χ0) is 4.85. The van der Waals surface area contributed by atoms with E-state index < -0.39 is 0 Å². The molecule has 3 atom stereocenters. The van der Waals surface area contributed by atoms with Gasteiger partial charge in [0.2, 0.25) is 0 Å². The molecule has 0 unspecified atom stereocenters. The Bertz CT molecular complexity index is 94.1. The number of fused-ring (bicyclic) bond motifs is 1. The van der Waals surface area contributed by atoms with E-state index in [-0.39, 0.29) is 6.10 Å². The summed E-state index contributed by atoms with van der Waals surface area (Å²) in [6.07, 6.45) is 2.37. The molecule has 1 nitrogen and oxygen atoms in total. The fraction of sp³-hybridized carbons (Fsp3) is 1.00. The van der Waals surface area contributed by atoms with Crippen molar-refractivity contribution in [2.45, 2.75) is 29.4 Å². The van der Waals surface area contributed by atoms with E-state index in [1.165, 1.54) is 6.42 Å². The van der Waals surface area contributed by atoms with Crippen molar-refractivity contribution in [3.05, 3.63) is 0 Å². The molecule has 1 aliphatic heterocycles. The maximum absolute atomic E-state index is 9.02. The molecule has 2 rings (SSSR count). The Morgan fingerprint density at radius 1 is 1.43 bits per heavy atom.